The maximum absolute atomic E-state index is 13.5. The second-order valence-electron chi connectivity index (χ2n) is 5.79. The molecule has 2 atom stereocenters. The SMILES string of the molecule is COC(=O)C(c1cc(OS(=O)C(F)(F)C(F)(F)C(F)(F)C(F)(F)F)no1)C(C)C. The smallest absolute Gasteiger partial charge is 0.460 e. The molecule has 0 aromatic carbocycles. The zero-order valence-corrected chi connectivity index (χ0v) is 15.3. The summed E-state index contributed by atoms with van der Waals surface area (Å²) in [5.74, 6) is -18.7. The van der Waals surface area contributed by atoms with E-state index < -0.39 is 63.8 Å². The summed E-state index contributed by atoms with van der Waals surface area (Å²) in [5.41, 5.74) is 0. The molecule has 0 amide bonds. The number of hydrogen-bond acceptors (Lipinski definition) is 6. The first-order valence-corrected chi connectivity index (χ1v) is 8.34. The Balaban J connectivity index is 3.16. The van der Waals surface area contributed by atoms with Gasteiger partial charge in [0.25, 0.3) is 17.0 Å². The van der Waals surface area contributed by atoms with Crippen LogP contribution in [0.2, 0.25) is 0 Å². The topological polar surface area (TPSA) is 78.6 Å². The third-order valence-electron chi connectivity index (χ3n) is 3.42. The number of halogens is 9. The normalized spacial score (nSPS) is 15.9. The van der Waals surface area contributed by atoms with Crippen molar-refractivity contribution >= 4 is 17.0 Å². The van der Waals surface area contributed by atoms with Crippen LogP contribution in [0.15, 0.2) is 10.6 Å². The predicted octanol–water partition coefficient (Wildman–Crippen LogP) is 4.06. The minimum Gasteiger partial charge on any atom is -0.468 e. The Morgan fingerprint density at radius 1 is 1.07 bits per heavy atom. The Labute approximate surface area is 159 Å². The van der Waals surface area contributed by atoms with E-state index in [4.69, 9.17) is 0 Å². The van der Waals surface area contributed by atoms with Crippen molar-refractivity contribution in [3.05, 3.63) is 11.8 Å². The van der Waals surface area contributed by atoms with Gasteiger partial charge >= 0.3 is 29.2 Å². The van der Waals surface area contributed by atoms with E-state index in [-0.39, 0.29) is 0 Å². The van der Waals surface area contributed by atoms with E-state index in [0.29, 0.717) is 6.07 Å². The van der Waals surface area contributed by atoms with Crippen molar-refractivity contribution in [1.29, 1.82) is 0 Å². The molecule has 0 fully saturated rings. The fraction of sp³-hybridized carbons (Fsp3) is 0.692. The van der Waals surface area contributed by atoms with Gasteiger partial charge in [0.15, 0.2) is 5.76 Å². The molecule has 1 heterocycles. The summed E-state index contributed by atoms with van der Waals surface area (Å²) >= 11 is -4.76. The van der Waals surface area contributed by atoms with Crippen LogP contribution in [0.3, 0.4) is 0 Å². The Hall–Kier alpha value is -2.00. The van der Waals surface area contributed by atoms with Crippen molar-refractivity contribution < 1.29 is 62.0 Å². The molecule has 0 N–H and O–H groups in total. The summed E-state index contributed by atoms with van der Waals surface area (Å²) in [5, 5.41) is -3.60. The molecule has 2 unspecified atom stereocenters. The van der Waals surface area contributed by atoms with Gasteiger partial charge in [-0.05, 0) is 11.1 Å². The predicted molar refractivity (Wildman–Crippen MR) is 75.8 cm³/mol. The average molecular weight is 465 g/mol. The molecule has 29 heavy (non-hydrogen) atoms. The number of methoxy groups -OCH3 is 1. The van der Waals surface area contributed by atoms with Crippen LogP contribution in [0.25, 0.3) is 0 Å². The Morgan fingerprint density at radius 2 is 1.59 bits per heavy atom. The van der Waals surface area contributed by atoms with Gasteiger partial charge in [-0.2, -0.15) is 39.5 Å². The third kappa shape index (κ3) is 4.45. The molecule has 16 heteroatoms. The number of hydrogen-bond donors (Lipinski definition) is 0. The summed E-state index contributed by atoms with van der Waals surface area (Å²) < 4.78 is 139. The van der Waals surface area contributed by atoms with Crippen molar-refractivity contribution in [3.63, 3.8) is 0 Å². The number of esters is 1. The van der Waals surface area contributed by atoms with Gasteiger partial charge in [-0.1, -0.05) is 13.8 Å². The highest BCUT2D eigenvalue weighted by Crippen LogP contribution is 2.54. The van der Waals surface area contributed by atoms with Crippen molar-refractivity contribution in [3.8, 4) is 5.88 Å². The van der Waals surface area contributed by atoms with Crippen LogP contribution >= 0.6 is 0 Å². The van der Waals surface area contributed by atoms with Gasteiger partial charge in [0.2, 0.25) is 0 Å². The first-order chi connectivity index (χ1) is 12.9. The van der Waals surface area contributed by atoms with Crippen LogP contribution in [0.4, 0.5) is 39.5 Å². The molecule has 1 aromatic rings. The lowest BCUT2D eigenvalue weighted by atomic mass is 9.93. The maximum atomic E-state index is 13.5. The highest BCUT2D eigenvalue weighted by atomic mass is 32.2. The van der Waals surface area contributed by atoms with Crippen LogP contribution in [-0.2, 0) is 20.6 Å². The fourth-order valence-electron chi connectivity index (χ4n) is 1.90. The number of carbonyl (C=O) groups excluding carboxylic acids is 1. The molecule has 168 valence electrons. The summed E-state index contributed by atoms with van der Waals surface area (Å²) in [6, 6.07) is 0.537. The maximum Gasteiger partial charge on any atom is 0.460 e. The first-order valence-electron chi connectivity index (χ1n) is 7.26. The Kier molecular flexibility index (Phi) is 6.93. The first kappa shape index (κ1) is 25.0. The Bertz CT molecular complexity index is 762. The standard InChI is InChI=1S/C13H12F9NO5S/c1-5(2)8(9(24)26-3)6-4-7(23-27-6)28-29(25)13(21,22)11(16,17)10(14,15)12(18,19)20/h4-5,8H,1-3H3. The molecule has 6 nitrogen and oxygen atoms in total. The minimum atomic E-state index is -7.23. The lowest BCUT2D eigenvalue weighted by Gasteiger charge is -2.31. The third-order valence-corrected chi connectivity index (χ3v) is 4.42. The molecule has 0 aliphatic rings. The van der Waals surface area contributed by atoms with Gasteiger partial charge in [-0.25, -0.2) is 4.21 Å². The van der Waals surface area contributed by atoms with Gasteiger partial charge in [-0.15, -0.1) is 0 Å². The van der Waals surface area contributed by atoms with Gasteiger partial charge in [0.05, 0.1) is 7.11 Å². The molecule has 0 spiro atoms. The largest absolute Gasteiger partial charge is 0.468 e. The van der Waals surface area contributed by atoms with E-state index in [2.05, 4.69) is 18.6 Å². The van der Waals surface area contributed by atoms with E-state index in [1.165, 1.54) is 13.8 Å². The van der Waals surface area contributed by atoms with Gasteiger partial charge in [0.1, 0.15) is 5.92 Å². The van der Waals surface area contributed by atoms with Crippen LogP contribution in [0.1, 0.15) is 25.5 Å². The van der Waals surface area contributed by atoms with Gasteiger partial charge < -0.3 is 13.4 Å². The second kappa shape index (κ2) is 8.02. The number of alkyl halides is 9. The van der Waals surface area contributed by atoms with Crippen LogP contribution in [0, 0.1) is 5.92 Å². The summed E-state index contributed by atoms with van der Waals surface area (Å²) in [4.78, 5) is 11.7. The van der Waals surface area contributed by atoms with Crippen LogP contribution in [-0.4, -0.2) is 45.7 Å². The van der Waals surface area contributed by atoms with Crippen molar-refractivity contribution in [2.24, 2.45) is 5.92 Å². The van der Waals surface area contributed by atoms with E-state index in [1.807, 2.05) is 0 Å². The zero-order chi connectivity index (χ0) is 23.0. The molecule has 1 aromatic heterocycles. The molecular formula is C13H12F9NO5S. The summed E-state index contributed by atoms with van der Waals surface area (Å²) in [7, 11) is 0.990. The van der Waals surface area contributed by atoms with Gasteiger partial charge in [0, 0.05) is 6.07 Å². The lowest BCUT2D eigenvalue weighted by molar-refractivity contribution is -0.382. The molecule has 0 saturated carbocycles. The van der Waals surface area contributed by atoms with Crippen LogP contribution in [0.5, 0.6) is 5.88 Å². The molecule has 0 radical (unpaired) electrons. The van der Waals surface area contributed by atoms with E-state index in [1.54, 1.807) is 0 Å². The molecular weight excluding hydrogens is 453 g/mol. The number of rotatable bonds is 8. The average Bonchev–Trinajstić information content (AvgIpc) is 3.00. The Morgan fingerprint density at radius 3 is 2.00 bits per heavy atom. The number of nitrogens with zero attached hydrogens (tertiary/aromatic N) is 1. The fourth-order valence-corrected chi connectivity index (χ4v) is 2.57. The molecule has 0 aliphatic heterocycles. The van der Waals surface area contributed by atoms with E-state index in [0.717, 1.165) is 7.11 Å². The summed E-state index contributed by atoms with van der Waals surface area (Å²) in [6.45, 7) is 2.97. The van der Waals surface area contributed by atoms with Crippen molar-refractivity contribution in [1.82, 2.24) is 5.16 Å². The number of ether oxygens (including phenoxy) is 1. The molecule has 1 rings (SSSR count). The van der Waals surface area contributed by atoms with Gasteiger partial charge in [-0.3, -0.25) is 4.79 Å². The zero-order valence-electron chi connectivity index (χ0n) is 14.5. The van der Waals surface area contributed by atoms with E-state index >= 15 is 0 Å². The monoisotopic (exact) mass is 465 g/mol. The molecule has 0 saturated heterocycles. The molecule has 0 aliphatic carbocycles. The lowest BCUT2D eigenvalue weighted by Crippen LogP contribution is -2.62. The minimum absolute atomic E-state index is 0.422. The molecule has 0 bridgehead atoms. The quantitative estimate of drug-likeness (QED) is 0.426. The van der Waals surface area contributed by atoms with Crippen molar-refractivity contribution in [2.45, 2.75) is 43.0 Å². The highest BCUT2D eigenvalue weighted by molar-refractivity contribution is 7.81. The second-order valence-corrected chi connectivity index (χ2v) is 6.94. The van der Waals surface area contributed by atoms with Crippen LogP contribution < -0.4 is 4.18 Å². The van der Waals surface area contributed by atoms with Crippen molar-refractivity contribution in [2.75, 3.05) is 7.11 Å². The summed E-state index contributed by atoms with van der Waals surface area (Å²) in [6.07, 6.45) is -7.07. The van der Waals surface area contributed by atoms with E-state index in [9.17, 15) is 48.5 Å². The highest BCUT2D eigenvalue weighted by Gasteiger charge is 2.84. The number of carbonyl (C=O) groups is 1. The number of aromatic nitrogens is 1.